The maximum absolute atomic E-state index is 5.43. The molecule has 0 aromatic carbocycles. The quantitative estimate of drug-likeness (QED) is 0.602. The van der Waals surface area contributed by atoms with E-state index in [0.29, 0.717) is 6.04 Å². The Balaban J connectivity index is 1.81. The molecule has 0 spiro atoms. The van der Waals surface area contributed by atoms with Crippen LogP contribution in [0.5, 0.6) is 0 Å². The van der Waals surface area contributed by atoms with E-state index in [9.17, 15) is 0 Å². The molecule has 1 atom stereocenters. The highest BCUT2D eigenvalue weighted by Crippen LogP contribution is 2.04. The van der Waals surface area contributed by atoms with E-state index < -0.39 is 0 Å². The van der Waals surface area contributed by atoms with E-state index in [-0.39, 0.29) is 0 Å². The number of hydrogen-bond donors (Lipinski definition) is 1. The molecule has 0 amide bonds. The number of rotatable bonds is 6. The molecule has 0 saturated carbocycles. The molecule has 0 aromatic rings. The van der Waals surface area contributed by atoms with Crippen molar-refractivity contribution in [3.8, 4) is 0 Å². The van der Waals surface area contributed by atoms with Gasteiger partial charge < -0.3 is 14.8 Å². The van der Waals surface area contributed by atoms with Crippen LogP contribution in [0.2, 0.25) is 0 Å². The third-order valence-corrected chi connectivity index (χ3v) is 2.06. The van der Waals surface area contributed by atoms with Crippen molar-refractivity contribution in [3.63, 3.8) is 0 Å². The van der Waals surface area contributed by atoms with Crippen LogP contribution in [0.3, 0.4) is 0 Å². The van der Waals surface area contributed by atoms with Crippen molar-refractivity contribution in [2.45, 2.75) is 25.8 Å². The molecule has 1 aliphatic rings. The Morgan fingerprint density at radius 1 is 1.33 bits per heavy atom. The minimum absolute atomic E-state index is 0.589. The molecule has 1 rings (SSSR count). The summed E-state index contributed by atoms with van der Waals surface area (Å²) in [6.45, 7) is 6.23. The van der Waals surface area contributed by atoms with E-state index in [1.54, 1.807) is 0 Å². The maximum Gasteiger partial charge on any atom is 0.0701 e. The molecule has 1 N–H and O–H groups in total. The lowest BCUT2D eigenvalue weighted by molar-refractivity contribution is 0.0455. The molecule has 1 aliphatic heterocycles. The molecule has 1 heterocycles. The highest BCUT2D eigenvalue weighted by Gasteiger charge is 2.12. The third-order valence-electron chi connectivity index (χ3n) is 2.06. The summed E-state index contributed by atoms with van der Waals surface area (Å²) in [4.78, 5) is 0. The second kappa shape index (κ2) is 6.40. The van der Waals surface area contributed by atoms with Crippen LogP contribution >= 0.6 is 0 Å². The SMILES string of the molecule is CCOCCOCC1CCCN1. The Bertz CT molecular complexity index is 103. The lowest BCUT2D eigenvalue weighted by Gasteiger charge is -2.10. The van der Waals surface area contributed by atoms with Crippen LogP contribution in [0, 0.1) is 0 Å². The second-order valence-corrected chi connectivity index (χ2v) is 3.07. The zero-order valence-corrected chi connectivity index (χ0v) is 7.84. The molecular weight excluding hydrogens is 154 g/mol. The van der Waals surface area contributed by atoms with E-state index in [2.05, 4.69) is 5.32 Å². The van der Waals surface area contributed by atoms with Crippen molar-refractivity contribution >= 4 is 0 Å². The van der Waals surface area contributed by atoms with Crippen LogP contribution in [-0.4, -0.2) is 39.0 Å². The summed E-state index contributed by atoms with van der Waals surface area (Å²) in [5, 5.41) is 3.38. The van der Waals surface area contributed by atoms with E-state index in [1.165, 1.54) is 12.8 Å². The Labute approximate surface area is 74.4 Å². The summed E-state index contributed by atoms with van der Waals surface area (Å²) in [5.41, 5.74) is 0. The Morgan fingerprint density at radius 2 is 2.17 bits per heavy atom. The first-order chi connectivity index (χ1) is 5.93. The molecule has 1 unspecified atom stereocenters. The summed E-state index contributed by atoms with van der Waals surface area (Å²) in [5.74, 6) is 0. The van der Waals surface area contributed by atoms with Gasteiger partial charge in [-0.2, -0.15) is 0 Å². The van der Waals surface area contributed by atoms with Crippen LogP contribution < -0.4 is 5.32 Å². The van der Waals surface area contributed by atoms with Gasteiger partial charge in [0, 0.05) is 12.6 Å². The minimum Gasteiger partial charge on any atom is -0.379 e. The molecule has 3 heteroatoms. The van der Waals surface area contributed by atoms with Crippen molar-refractivity contribution < 1.29 is 9.47 Å². The number of hydrogen-bond acceptors (Lipinski definition) is 3. The van der Waals surface area contributed by atoms with E-state index in [4.69, 9.17) is 9.47 Å². The summed E-state index contributed by atoms with van der Waals surface area (Å²) in [6, 6.07) is 0.589. The van der Waals surface area contributed by atoms with Crippen molar-refractivity contribution in [2.75, 3.05) is 33.0 Å². The molecule has 0 bridgehead atoms. The summed E-state index contributed by atoms with van der Waals surface area (Å²) in [6.07, 6.45) is 2.55. The van der Waals surface area contributed by atoms with Gasteiger partial charge >= 0.3 is 0 Å². The smallest absolute Gasteiger partial charge is 0.0701 e. The van der Waals surface area contributed by atoms with Crippen molar-refractivity contribution in [1.29, 1.82) is 0 Å². The van der Waals surface area contributed by atoms with E-state index in [1.807, 2.05) is 6.92 Å². The molecule has 0 aliphatic carbocycles. The van der Waals surface area contributed by atoms with Gasteiger partial charge in [-0.1, -0.05) is 0 Å². The predicted molar refractivity (Wildman–Crippen MR) is 48.3 cm³/mol. The van der Waals surface area contributed by atoms with Gasteiger partial charge in [-0.25, -0.2) is 0 Å². The predicted octanol–water partition coefficient (Wildman–Crippen LogP) is 0.791. The fraction of sp³-hybridized carbons (Fsp3) is 1.00. The van der Waals surface area contributed by atoms with Crippen LogP contribution in [0.25, 0.3) is 0 Å². The molecule has 3 nitrogen and oxygen atoms in total. The first kappa shape index (κ1) is 9.96. The molecule has 12 heavy (non-hydrogen) atoms. The van der Waals surface area contributed by atoms with Crippen molar-refractivity contribution in [2.24, 2.45) is 0 Å². The fourth-order valence-corrected chi connectivity index (χ4v) is 1.39. The molecular formula is C9H19NO2. The average Bonchev–Trinajstić information content (AvgIpc) is 2.57. The van der Waals surface area contributed by atoms with E-state index >= 15 is 0 Å². The summed E-state index contributed by atoms with van der Waals surface area (Å²) >= 11 is 0. The van der Waals surface area contributed by atoms with Crippen molar-refractivity contribution in [3.05, 3.63) is 0 Å². The van der Waals surface area contributed by atoms with Gasteiger partial charge in [0.15, 0.2) is 0 Å². The van der Waals surface area contributed by atoms with Gasteiger partial charge in [0.2, 0.25) is 0 Å². The number of ether oxygens (including phenoxy) is 2. The van der Waals surface area contributed by atoms with E-state index in [0.717, 1.165) is 33.0 Å². The maximum atomic E-state index is 5.43. The van der Waals surface area contributed by atoms with Gasteiger partial charge in [0.1, 0.15) is 0 Å². The largest absolute Gasteiger partial charge is 0.379 e. The molecule has 1 fully saturated rings. The molecule has 72 valence electrons. The summed E-state index contributed by atoms with van der Waals surface area (Å²) < 4.78 is 10.6. The molecule has 0 radical (unpaired) electrons. The summed E-state index contributed by atoms with van der Waals surface area (Å²) in [7, 11) is 0. The van der Waals surface area contributed by atoms with Gasteiger partial charge in [0.05, 0.1) is 19.8 Å². The minimum atomic E-state index is 0.589. The fourth-order valence-electron chi connectivity index (χ4n) is 1.39. The standard InChI is InChI=1S/C9H19NO2/c1-2-11-6-7-12-8-9-4-3-5-10-9/h9-10H,2-8H2,1H3. The first-order valence-electron chi connectivity index (χ1n) is 4.82. The topological polar surface area (TPSA) is 30.5 Å². The Hall–Kier alpha value is -0.120. The highest BCUT2D eigenvalue weighted by atomic mass is 16.5. The van der Waals surface area contributed by atoms with Crippen LogP contribution in [-0.2, 0) is 9.47 Å². The Morgan fingerprint density at radius 3 is 2.83 bits per heavy atom. The lowest BCUT2D eigenvalue weighted by Crippen LogP contribution is -2.27. The molecule has 1 saturated heterocycles. The lowest BCUT2D eigenvalue weighted by atomic mass is 10.2. The Kier molecular flexibility index (Phi) is 5.32. The van der Waals surface area contributed by atoms with Crippen molar-refractivity contribution in [1.82, 2.24) is 5.32 Å². The highest BCUT2D eigenvalue weighted by molar-refractivity contribution is 4.73. The van der Waals surface area contributed by atoms with Crippen LogP contribution in [0.1, 0.15) is 19.8 Å². The van der Waals surface area contributed by atoms with Crippen LogP contribution in [0.15, 0.2) is 0 Å². The average molecular weight is 173 g/mol. The van der Waals surface area contributed by atoms with Crippen LogP contribution in [0.4, 0.5) is 0 Å². The first-order valence-corrected chi connectivity index (χ1v) is 4.82. The second-order valence-electron chi connectivity index (χ2n) is 3.07. The van der Waals surface area contributed by atoms with Gasteiger partial charge in [-0.3, -0.25) is 0 Å². The van der Waals surface area contributed by atoms with Gasteiger partial charge in [-0.05, 0) is 26.3 Å². The zero-order valence-electron chi connectivity index (χ0n) is 7.84. The third kappa shape index (κ3) is 4.04. The van der Waals surface area contributed by atoms with Gasteiger partial charge in [0.25, 0.3) is 0 Å². The number of nitrogens with one attached hydrogen (secondary N) is 1. The molecule has 0 aromatic heterocycles. The normalized spacial score (nSPS) is 23.2. The zero-order chi connectivity index (χ0) is 8.65. The van der Waals surface area contributed by atoms with Gasteiger partial charge in [-0.15, -0.1) is 0 Å². The monoisotopic (exact) mass is 173 g/mol.